The molecule has 0 N–H and O–H groups in total. The van der Waals surface area contributed by atoms with Crippen molar-refractivity contribution in [2.24, 2.45) is 0 Å². The first-order valence-corrected chi connectivity index (χ1v) is 9.59. The zero-order valence-electron chi connectivity index (χ0n) is 15.2. The number of carbonyl (C=O) groups is 1. The van der Waals surface area contributed by atoms with E-state index in [0.29, 0.717) is 16.6 Å². The van der Waals surface area contributed by atoms with E-state index in [1.165, 1.54) is 27.8 Å². The molecule has 0 saturated heterocycles. The van der Waals surface area contributed by atoms with Crippen molar-refractivity contribution >= 4 is 28.2 Å². The number of hydrogen-bond acceptors (Lipinski definition) is 6. The van der Waals surface area contributed by atoms with E-state index in [2.05, 4.69) is 9.97 Å². The first kappa shape index (κ1) is 18.1. The van der Waals surface area contributed by atoms with Gasteiger partial charge in [0, 0.05) is 10.9 Å². The van der Waals surface area contributed by atoms with Crippen molar-refractivity contribution in [1.82, 2.24) is 14.5 Å². The predicted molar refractivity (Wildman–Crippen MR) is 108 cm³/mol. The van der Waals surface area contributed by atoms with Crippen LogP contribution in [0.2, 0.25) is 0 Å². The van der Waals surface area contributed by atoms with Gasteiger partial charge in [0.25, 0.3) is 5.56 Å². The van der Waals surface area contributed by atoms with Crippen molar-refractivity contribution in [3.63, 3.8) is 0 Å². The lowest BCUT2D eigenvalue weighted by atomic mass is 10.2. The van der Waals surface area contributed by atoms with Gasteiger partial charge in [-0.3, -0.25) is 14.2 Å². The smallest absolute Gasteiger partial charge is 0.326 e. The number of hydrogen-bond donors (Lipinski definition) is 0. The van der Waals surface area contributed by atoms with E-state index in [9.17, 15) is 9.59 Å². The van der Waals surface area contributed by atoms with E-state index in [4.69, 9.17) is 4.74 Å². The van der Waals surface area contributed by atoms with Crippen LogP contribution in [0, 0.1) is 6.92 Å². The zero-order valence-corrected chi connectivity index (χ0v) is 16.0. The molecule has 140 valence electrons. The van der Waals surface area contributed by atoms with Crippen LogP contribution in [0.1, 0.15) is 11.3 Å². The molecular formula is C21H17N3O3S. The highest BCUT2D eigenvalue weighted by Crippen LogP contribution is 2.24. The standard InChI is InChI=1S/C21H17N3O3S/c1-14-6-8-15(9-7-14)20-23-16(12-28-20)11-27-19(25)10-24-13-22-18-5-3-2-4-17(18)21(24)26/h2-9,12-13H,10-11H2,1H3. The van der Waals surface area contributed by atoms with Gasteiger partial charge in [0.1, 0.15) is 18.2 Å². The summed E-state index contributed by atoms with van der Waals surface area (Å²) in [6.45, 7) is 1.91. The second-order valence-electron chi connectivity index (χ2n) is 6.37. The number of nitrogens with zero attached hydrogens (tertiary/aromatic N) is 3. The molecule has 0 atom stereocenters. The van der Waals surface area contributed by atoms with Gasteiger partial charge in [0.15, 0.2) is 0 Å². The minimum absolute atomic E-state index is 0.0664. The van der Waals surface area contributed by atoms with Crippen molar-refractivity contribution in [3.8, 4) is 10.6 Å². The summed E-state index contributed by atoms with van der Waals surface area (Å²) in [5.74, 6) is -0.510. The summed E-state index contributed by atoms with van der Waals surface area (Å²) >= 11 is 1.50. The van der Waals surface area contributed by atoms with Crippen molar-refractivity contribution in [2.45, 2.75) is 20.1 Å². The molecule has 0 fully saturated rings. The van der Waals surface area contributed by atoms with Crippen molar-refractivity contribution in [1.29, 1.82) is 0 Å². The summed E-state index contributed by atoms with van der Waals surface area (Å²) in [6.07, 6.45) is 1.37. The summed E-state index contributed by atoms with van der Waals surface area (Å²) in [5.41, 5.74) is 3.23. The van der Waals surface area contributed by atoms with Gasteiger partial charge in [-0.1, -0.05) is 42.0 Å². The van der Waals surface area contributed by atoms with Gasteiger partial charge in [-0.15, -0.1) is 11.3 Å². The molecule has 0 aliphatic rings. The molecule has 2 aromatic heterocycles. The van der Waals surface area contributed by atoms with E-state index >= 15 is 0 Å². The average molecular weight is 391 g/mol. The summed E-state index contributed by atoms with van der Waals surface area (Å²) < 4.78 is 6.54. The normalized spacial score (nSPS) is 10.9. The monoisotopic (exact) mass is 391 g/mol. The number of benzene rings is 2. The summed E-state index contributed by atoms with van der Waals surface area (Å²) in [7, 11) is 0. The Kier molecular flexibility index (Phi) is 4.99. The molecule has 0 unspecified atom stereocenters. The van der Waals surface area contributed by atoms with Gasteiger partial charge in [-0.25, -0.2) is 9.97 Å². The molecule has 4 aromatic rings. The number of para-hydroxylation sites is 1. The van der Waals surface area contributed by atoms with Crippen LogP contribution in [0.3, 0.4) is 0 Å². The first-order valence-electron chi connectivity index (χ1n) is 8.71. The highest BCUT2D eigenvalue weighted by atomic mass is 32.1. The fourth-order valence-corrected chi connectivity index (χ4v) is 3.57. The highest BCUT2D eigenvalue weighted by molar-refractivity contribution is 7.13. The second kappa shape index (κ2) is 7.74. The van der Waals surface area contributed by atoms with Crippen molar-refractivity contribution in [2.75, 3.05) is 0 Å². The third-order valence-corrected chi connectivity index (χ3v) is 5.20. The van der Waals surface area contributed by atoms with Crippen LogP contribution >= 0.6 is 11.3 Å². The largest absolute Gasteiger partial charge is 0.458 e. The number of aryl methyl sites for hydroxylation is 1. The van der Waals surface area contributed by atoms with Crippen LogP contribution in [0.4, 0.5) is 0 Å². The number of fused-ring (bicyclic) bond motifs is 1. The lowest BCUT2D eigenvalue weighted by Crippen LogP contribution is -2.25. The second-order valence-corrected chi connectivity index (χ2v) is 7.22. The fraction of sp³-hybridized carbons (Fsp3) is 0.143. The maximum absolute atomic E-state index is 12.4. The van der Waals surface area contributed by atoms with Crippen molar-refractivity contribution in [3.05, 3.63) is 81.8 Å². The zero-order chi connectivity index (χ0) is 19.5. The third-order valence-electron chi connectivity index (χ3n) is 4.26. The Morgan fingerprint density at radius 3 is 2.75 bits per heavy atom. The van der Waals surface area contributed by atoms with Crippen LogP contribution in [-0.2, 0) is 22.7 Å². The van der Waals surface area contributed by atoms with Crippen LogP contribution in [0.5, 0.6) is 0 Å². The quantitative estimate of drug-likeness (QED) is 0.486. The lowest BCUT2D eigenvalue weighted by Gasteiger charge is -2.06. The van der Waals surface area contributed by atoms with Crippen LogP contribution in [-0.4, -0.2) is 20.5 Å². The van der Waals surface area contributed by atoms with Crippen LogP contribution in [0.15, 0.2) is 65.0 Å². The molecule has 0 amide bonds. The lowest BCUT2D eigenvalue weighted by molar-refractivity contribution is -0.145. The Labute approximate surface area is 165 Å². The molecule has 0 aliphatic heterocycles. The molecule has 0 saturated carbocycles. The Balaban J connectivity index is 1.41. The van der Waals surface area contributed by atoms with Gasteiger partial charge in [-0.2, -0.15) is 0 Å². The average Bonchev–Trinajstić information content (AvgIpc) is 3.18. The van der Waals surface area contributed by atoms with Gasteiger partial charge in [-0.05, 0) is 19.1 Å². The van der Waals surface area contributed by atoms with Crippen LogP contribution < -0.4 is 5.56 Å². The molecule has 7 heteroatoms. The number of esters is 1. The number of rotatable bonds is 5. The van der Waals surface area contributed by atoms with Gasteiger partial charge < -0.3 is 4.74 Å². The molecule has 0 bridgehead atoms. The SMILES string of the molecule is Cc1ccc(-c2nc(COC(=O)Cn3cnc4ccccc4c3=O)cs2)cc1. The molecule has 2 heterocycles. The molecular weight excluding hydrogens is 374 g/mol. The fourth-order valence-electron chi connectivity index (χ4n) is 2.76. The maximum atomic E-state index is 12.4. The molecule has 6 nitrogen and oxygen atoms in total. The molecule has 2 aromatic carbocycles. The van der Waals surface area contributed by atoms with Gasteiger partial charge in [0.05, 0.1) is 22.9 Å². The van der Waals surface area contributed by atoms with E-state index in [-0.39, 0.29) is 18.7 Å². The topological polar surface area (TPSA) is 74.1 Å². The molecule has 0 spiro atoms. The minimum atomic E-state index is -0.510. The van der Waals surface area contributed by atoms with E-state index in [1.807, 2.05) is 42.6 Å². The van der Waals surface area contributed by atoms with Gasteiger partial charge >= 0.3 is 5.97 Å². The first-order chi connectivity index (χ1) is 13.6. The Hall–Kier alpha value is -3.32. The maximum Gasteiger partial charge on any atom is 0.326 e. The minimum Gasteiger partial charge on any atom is -0.458 e. The summed E-state index contributed by atoms with van der Waals surface area (Å²) in [5, 5.41) is 3.22. The summed E-state index contributed by atoms with van der Waals surface area (Å²) in [6, 6.07) is 15.1. The Bertz CT molecular complexity index is 1200. The van der Waals surface area contributed by atoms with E-state index in [1.54, 1.807) is 18.2 Å². The number of aromatic nitrogens is 3. The number of thiazole rings is 1. The van der Waals surface area contributed by atoms with E-state index < -0.39 is 5.97 Å². The molecule has 0 radical (unpaired) electrons. The molecule has 4 rings (SSSR count). The molecule has 28 heavy (non-hydrogen) atoms. The van der Waals surface area contributed by atoms with Crippen molar-refractivity contribution < 1.29 is 9.53 Å². The number of ether oxygens (including phenoxy) is 1. The van der Waals surface area contributed by atoms with E-state index in [0.717, 1.165) is 10.6 Å². The summed E-state index contributed by atoms with van der Waals surface area (Å²) in [4.78, 5) is 33.3. The Morgan fingerprint density at radius 1 is 1.14 bits per heavy atom. The number of carbonyl (C=O) groups excluding carboxylic acids is 1. The Morgan fingerprint density at radius 2 is 1.93 bits per heavy atom. The predicted octanol–water partition coefficient (Wildman–Crippen LogP) is 3.57. The van der Waals surface area contributed by atoms with Gasteiger partial charge in [0.2, 0.25) is 0 Å². The molecule has 0 aliphatic carbocycles. The highest BCUT2D eigenvalue weighted by Gasteiger charge is 2.11. The third kappa shape index (κ3) is 3.84. The van der Waals surface area contributed by atoms with Crippen LogP contribution in [0.25, 0.3) is 21.5 Å².